The van der Waals surface area contributed by atoms with E-state index in [9.17, 15) is 9.18 Å². The lowest BCUT2D eigenvalue weighted by Gasteiger charge is -2.10. The van der Waals surface area contributed by atoms with E-state index in [4.69, 9.17) is 4.42 Å². The third-order valence-electron chi connectivity index (χ3n) is 3.62. The number of oxazole rings is 1. The zero-order valence-corrected chi connectivity index (χ0v) is 16.3. The van der Waals surface area contributed by atoms with Gasteiger partial charge in [-0.2, -0.15) is 0 Å². The van der Waals surface area contributed by atoms with Crippen molar-refractivity contribution in [3.63, 3.8) is 0 Å². The van der Waals surface area contributed by atoms with Gasteiger partial charge in [-0.25, -0.2) is 9.37 Å². The molecule has 0 aliphatic rings. The standard InChI is InChI=1S/C19H16BrFN2O2S/c1-12(18(24)22-10-13-5-7-16(21)8-6-13)26-19-23-11-17(25-19)14-3-2-4-15(20)9-14/h2-9,11-12H,10H2,1H3,(H,22,24)/t12-/m1/s1. The van der Waals surface area contributed by atoms with E-state index in [0.717, 1.165) is 15.6 Å². The molecule has 3 rings (SSSR count). The molecule has 2 aromatic carbocycles. The first kappa shape index (κ1) is 18.7. The van der Waals surface area contributed by atoms with E-state index in [0.29, 0.717) is 17.5 Å². The number of nitrogens with one attached hydrogen (secondary N) is 1. The fourth-order valence-corrected chi connectivity index (χ4v) is 3.37. The molecule has 1 N–H and O–H groups in total. The van der Waals surface area contributed by atoms with Crippen LogP contribution in [-0.4, -0.2) is 16.1 Å². The number of thioether (sulfide) groups is 1. The second kappa shape index (κ2) is 8.51. The lowest BCUT2D eigenvalue weighted by atomic mass is 10.2. The summed E-state index contributed by atoms with van der Waals surface area (Å²) in [7, 11) is 0. The molecule has 1 heterocycles. The Morgan fingerprint density at radius 1 is 1.31 bits per heavy atom. The molecule has 0 unspecified atom stereocenters. The van der Waals surface area contributed by atoms with Crippen molar-refractivity contribution in [3.8, 4) is 11.3 Å². The molecule has 0 saturated heterocycles. The van der Waals surface area contributed by atoms with Crippen LogP contribution in [0.15, 0.2) is 68.8 Å². The number of carbonyl (C=O) groups is 1. The van der Waals surface area contributed by atoms with Crippen molar-refractivity contribution in [3.05, 3.63) is 70.6 Å². The summed E-state index contributed by atoms with van der Waals surface area (Å²) in [5.74, 6) is 0.211. The first-order valence-corrected chi connectivity index (χ1v) is 9.59. The Morgan fingerprint density at radius 3 is 2.81 bits per heavy atom. The summed E-state index contributed by atoms with van der Waals surface area (Å²) in [6.45, 7) is 2.13. The summed E-state index contributed by atoms with van der Waals surface area (Å²) in [5, 5.41) is 2.89. The van der Waals surface area contributed by atoms with E-state index in [1.54, 1.807) is 25.3 Å². The first-order valence-electron chi connectivity index (χ1n) is 7.92. The van der Waals surface area contributed by atoms with Crippen LogP contribution in [-0.2, 0) is 11.3 Å². The van der Waals surface area contributed by atoms with Crippen LogP contribution in [0, 0.1) is 5.82 Å². The quantitative estimate of drug-likeness (QED) is 0.552. The molecule has 3 aromatic rings. The van der Waals surface area contributed by atoms with Crippen LogP contribution in [0.2, 0.25) is 0 Å². The number of amides is 1. The smallest absolute Gasteiger partial charge is 0.256 e. The van der Waals surface area contributed by atoms with Crippen LogP contribution in [0.3, 0.4) is 0 Å². The number of aromatic nitrogens is 1. The third-order valence-corrected chi connectivity index (χ3v) is 5.07. The first-order chi connectivity index (χ1) is 12.5. The molecule has 7 heteroatoms. The van der Waals surface area contributed by atoms with Crippen molar-refractivity contribution in [1.82, 2.24) is 10.3 Å². The highest BCUT2D eigenvalue weighted by molar-refractivity contribution is 9.10. The van der Waals surface area contributed by atoms with Crippen molar-refractivity contribution in [2.45, 2.75) is 23.9 Å². The maximum absolute atomic E-state index is 12.9. The van der Waals surface area contributed by atoms with Gasteiger partial charge in [0.2, 0.25) is 5.91 Å². The van der Waals surface area contributed by atoms with Crippen molar-refractivity contribution in [1.29, 1.82) is 0 Å². The Bertz CT molecular complexity index is 899. The number of carbonyl (C=O) groups excluding carboxylic acids is 1. The third kappa shape index (κ3) is 4.95. The fraction of sp³-hybridized carbons (Fsp3) is 0.158. The Balaban J connectivity index is 1.56. The lowest BCUT2D eigenvalue weighted by molar-refractivity contribution is -0.120. The minimum absolute atomic E-state index is 0.137. The second-order valence-corrected chi connectivity index (χ2v) is 7.81. The van der Waals surface area contributed by atoms with Gasteiger partial charge in [-0.05, 0) is 36.8 Å². The van der Waals surface area contributed by atoms with E-state index in [2.05, 4.69) is 26.2 Å². The maximum atomic E-state index is 12.9. The number of benzene rings is 2. The van der Waals surface area contributed by atoms with Gasteiger partial charge < -0.3 is 9.73 Å². The maximum Gasteiger partial charge on any atom is 0.256 e. The topological polar surface area (TPSA) is 55.1 Å². The van der Waals surface area contributed by atoms with Gasteiger partial charge in [0.25, 0.3) is 5.22 Å². The van der Waals surface area contributed by atoms with E-state index in [-0.39, 0.29) is 17.0 Å². The Labute approximate surface area is 163 Å². The SMILES string of the molecule is C[C@@H](Sc1ncc(-c2cccc(Br)c2)o1)C(=O)NCc1ccc(F)cc1. The summed E-state index contributed by atoms with van der Waals surface area (Å²) in [6, 6.07) is 13.7. The number of hydrogen-bond donors (Lipinski definition) is 1. The molecule has 0 aliphatic heterocycles. The van der Waals surface area contributed by atoms with Gasteiger partial charge in [0.15, 0.2) is 5.76 Å². The molecule has 1 amide bonds. The molecular weight excluding hydrogens is 419 g/mol. The van der Waals surface area contributed by atoms with Gasteiger partial charge in [0.1, 0.15) is 5.82 Å². The zero-order valence-electron chi connectivity index (χ0n) is 13.9. The molecule has 134 valence electrons. The van der Waals surface area contributed by atoms with Crippen LogP contribution in [0.25, 0.3) is 11.3 Å². The number of rotatable bonds is 6. The average molecular weight is 435 g/mol. The average Bonchev–Trinajstić information content (AvgIpc) is 3.09. The van der Waals surface area contributed by atoms with Gasteiger partial charge in [-0.3, -0.25) is 4.79 Å². The van der Waals surface area contributed by atoms with Crippen molar-refractivity contribution in [2.75, 3.05) is 0 Å². The van der Waals surface area contributed by atoms with Gasteiger partial charge >= 0.3 is 0 Å². The normalized spacial score (nSPS) is 12.0. The molecular formula is C19H16BrFN2O2S. The zero-order chi connectivity index (χ0) is 18.5. The van der Waals surface area contributed by atoms with Crippen molar-refractivity contribution >= 4 is 33.6 Å². The minimum atomic E-state index is -0.371. The molecule has 0 saturated carbocycles. The Morgan fingerprint density at radius 2 is 2.08 bits per heavy atom. The summed E-state index contributed by atoms with van der Waals surface area (Å²) in [4.78, 5) is 16.5. The number of hydrogen-bond acceptors (Lipinski definition) is 4. The Hall–Kier alpha value is -2.12. The summed E-state index contributed by atoms with van der Waals surface area (Å²) in [5.41, 5.74) is 1.75. The molecule has 4 nitrogen and oxygen atoms in total. The highest BCUT2D eigenvalue weighted by Crippen LogP contribution is 2.29. The van der Waals surface area contributed by atoms with Gasteiger partial charge in [-0.1, -0.05) is 52.0 Å². The van der Waals surface area contributed by atoms with Crippen LogP contribution in [0.1, 0.15) is 12.5 Å². The monoisotopic (exact) mass is 434 g/mol. The minimum Gasteiger partial charge on any atom is -0.431 e. The fourth-order valence-electron chi connectivity index (χ4n) is 2.23. The van der Waals surface area contributed by atoms with Gasteiger partial charge in [0, 0.05) is 16.6 Å². The molecule has 0 bridgehead atoms. The lowest BCUT2D eigenvalue weighted by Crippen LogP contribution is -2.30. The van der Waals surface area contributed by atoms with Crippen molar-refractivity contribution < 1.29 is 13.6 Å². The predicted molar refractivity (Wildman–Crippen MR) is 103 cm³/mol. The van der Waals surface area contributed by atoms with Crippen LogP contribution in [0.4, 0.5) is 4.39 Å². The summed E-state index contributed by atoms with van der Waals surface area (Å²) >= 11 is 4.67. The van der Waals surface area contributed by atoms with Crippen molar-refractivity contribution in [2.24, 2.45) is 0 Å². The van der Waals surface area contributed by atoms with Gasteiger partial charge in [-0.15, -0.1) is 0 Å². The molecule has 0 fully saturated rings. The van der Waals surface area contributed by atoms with E-state index in [1.807, 2.05) is 24.3 Å². The Kier molecular flexibility index (Phi) is 6.11. The molecule has 0 radical (unpaired) electrons. The number of halogens is 2. The highest BCUT2D eigenvalue weighted by Gasteiger charge is 2.17. The summed E-state index contributed by atoms with van der Waals surface area (Å²) in [6.07, 6.45) is 1.65. The van der Waals surface area contributed by atoms with Crippen LogP contribution >= 0.6 is 27.7 Å². The van der Waals surface area contributed by atoms with Crippen LogP contribution in [0.5, 0.6) is 0 Å². The molecule has 1 atom stereocenters. The molecule has 0 aliphatic carbocycles. The van der Waals surface area contributed by atoms with Gasteiger partial charge in [0.05, 0.1) is 11.4 Å². The van der Waals surface area contributed by atoms with E-state index in [1.165, 1.54) is 23.9 Å². The second-order valence-electron chi connectivity index (χ2n) is 5.61. The molecule has 0 spiro atoms. The van der Waals surface area contributed by atoms with E-state index >= 15 is 0 Å². The largest absolute Gasteiger partial charge is 0.431 e. The predicted octanol–water partition coefficient (Wildman–Crippen LogP) is 5.04. The molecule has 1 aromatic heterocycles. The van der Waals surface area contributed by atoms with Crippen LogP contribution < -0.4 is 5.32 Å². The summed E-state index contributed by atoms with van der Waals surface area (Å²) < 4.78 is 19.6. The number of nitrogens with zero attached hydrogens (tertiary/aromatic N) is 1. The highest BCUT2D eigenvalue weighted by atomic mass is 79.9. The van der Waals surface area contributed by atoms with E-state index < -0.39 is 0 Å². The molecule has 26 heavy (non-hydrogen) atoms.